The third kappa shape index (κ3) is 3.61. The van der Waals surface area contributed by atoms with E-state index in [4.69, 9.17) is 0 Å². The Morgan fingerprint density at radius 1 is 1.31 bits per heavy atom. The molecule has 0 saturated carbocycles. The molecule has 16 heavy (non-hydrogen) atoms. The molecule has 0 radical (unpaired) electrons. The van der Waals surface area contributed by atoms with Gasteiger partial charge in [0.05, 0.1) is 0 Å². The van der Waals surface area contributed by atoms with E-state index in [1.165, 1.54) is 12.8 Å². The van der Waals surface area contributed by atoms with Crippen LogP contribution in [-0.4, -0.2) is 61.5 Å². The van der Waals surface area contributed by atoms with Crippen LogP contribution in [0.2, 0.25) is 0 Å². The molecule has 1 unspecified atom stereocenters. The van der Waals surface area contributed by atoms with Crippen molar-refractivity contribution in [3.63, 3.8) is 0 Å². The topological polar surface area (TPSA) is 35.6 Å². The highest BCUT2D eigenvalue weighted by Crippen LogP contribution is 2.11. The van der Waals surface area contributed by atoms with Crippen LogP contribution in [-0.2, 0) is 4.79 Å². The molecule has 2 heterocycles. The molecule has 1 N–H and O–H groups in total. The largest absolute Gasteiger partial charge is 0.340 e. The molecule has 2 saturated heterocycles. The number of likely N-dealkylation sites (N-methyl/N-ethyl adjacent to an activating group) is 1. The summed E-state index contributed by atoms with van der Waals surface area (Å²) in [4.78, 5) is 16.2. The van der Waals surface area contributed by atoms with Gasteiger partial charge in [0.2, 0.25) is 5.91 Å². The van der Waals surface area contributed by atoms with Gasteiger partial charge in [-0.25, -0.2) is 0 Å². The molecule has 4 nitrogen and oxygen atoms in total. The van der Waals surface area contributed by atoms with Crippen molar-refractivity contribution in [3.05, 3.63) is 0 Å². The van der Waals surface area contributed by atoms with Crippen LogP contribution in [0.3, 0.4) is 0 Å². The van der Waals surface area contributed by atoms with Crippen molar-refractivity contribution in [2.24, 2.45) is 0 Å². The first-order valence-corrected chi connectivity index (χ1v) is 5.95. The Labute approximate surface area is 104 Å². The van der Waals surface area contributed by atoms with E-state index < -0.39 is 0 Å². The highest BCUT2D eigenvalue weighted by Gasteiger charge is 2.23. The van der Waals surface area contributed by atoms with Crippen LogP contribution < -0.4 is 5.32 Å². The van der Waals surface area contributed by atoms with Crippen LogP contribution in [0.4, 0.5) is 0 Å². The van der Waals surface area contributed by atoms with E-state index in [0.29, 0.717) is 18.4 Å². The lowest BCUT2D eigenvalue weighted by atomic mass is 10.1. The summed E-state index contributed by atoms with van der Waals surface area (Å²) >= 11 is 0. The van der Waals surface area contributed by atoms with Crippen LogP contribution in [0.15, 0.2) is 0 Å². The van der Waals surface area contributed by atoms with E-state index in [9.17, 15) is 4.79 Å². The SMILES string of the molecule is CN1CCN(C(=O)CC2CCCN2)CC1.Cl. The number of piperazine rings is 1. The average molecular weight is 248 g/mol. The zero-order chi connectivity index (χ0) is 10.7. The molecule has 0 aromatic heterocycles. The first-order valence-electron chi connectivity index (χ1n) is 5.95. The maximum Gasteiger partial charge on any atom is 0.224 e. The van der Waals surface area contributed by atoms with Crippen molar-refractivity contribution in [2.75, 3.05) is 39.8 Å². The van der Waals surface area contributed by atoms with Crippen molar-refractivity contribution in [2.45, 2.75) is 25.3 Å². The van der Waals surface area contributed by atoms with Crippen LogP contribution >= 0.6 is 12.4 Å². The van der Waals surface area contributed by atoms with Crippen molar-refractivity contribution in [1.82, 2.24) is 15.1 Å². The standard InChI is InChI=1S/C11H21N3O.ClH/c1-13-5-7-14(8-6-13)11(15)9-10-3-2-4-12-10;/h10,12H,2-9H2,1H3;1H. The van der Waals surface area contributed by atoms with E-state index in [-0.39, 0.29) is 12.4 Å². The lowest BCUT2D eigenvalue weighted by molar-refractivity contribution is -0.133. The molecule has 0 aromatic carbocycles. The third-order valence-corrected chi connectivity index (χ3v) is 3.44. The number of carbonyl (C=O) groups excluding carboxylic acids is 1. The fourth-order valence-corrected chi connectivity index (χ4v) is 2.33. The molecule has 1 amide bonds. The second kappa shape index (κ2) is 6.42. The fraction of sp³-hybridized carbons (Fsp3) is 0.909. The highest BCUT2D eigenvalue weighted by molar-refractivity contribution is 5.85. The summed E-state index contributed by atoms with van der Waals surface area (Å²) < 4.78 is 0. The third-order valence-electron chi connectivity index (χ3n) is 3.44. The number of rotatable bonds is 2. The summed E-state index contributed by atoms with van der Waals surface area (Å²) in [5.41, 5.74) is 0. The summed E-state index contributed by atoms with van der Waals surface area (Å²) in [6, 6.07) is 0.442. The second-order valence-corrected chi connectivity index (χ2v) is 4.68. The minimum atomic E-state index is 0. The molecule has 0 bridgehead atoms. The van der Waals surface area contributed by atoms with Crippen LogP contribution in [0.25, 0.3) is 0 Å². The van der Waals surface area contributed by atoms with Gasteiger partial charge in [0.1, 0.15) is 0 Å². The van der Waals surface area contributed by atoms with Crippen LogP contribution in [0, 0.1) is 0 Å². The van der Waals surface area contributed by atoms with Gasteiger partial charge in [-0.2, -0.15) is 0 Å². The van der Waals surface area contributed by atoms with Gasteiger partial charge in [-0.1, -0.05) is 0 Å². The number of hydrogen-bond acceptors (Lipinski definition) is 3. The minimum Gasteiger partial charge on any atom is -0.340 e. The van der Waals surface area contributed by atoms with Gasteiger partial charge in [-0.15, -0.1) is 12.4 Å². The first-order chi connectivity index (χ1) is 7.25. The number of amides is 1. The monoisotopic (exact) mass is 247 g/mol. The maximum atomic E-state index is 11.9. The van der Waals surface area contributed by atoms with Gasteiger partial charge in [0.15, 0.2) is 0 Å². The zero-order valence-corrected chi connectivity index (χ0v) is 10.8. The van der Waals surface area contributed by atoms with Gasteiger partial charge in [-0.3, -0.25) is 4.79 Å². The second-order valence-electron chi connectivity index (χ2n) is 4.68. The summed E-state index contributed by atoms with van der Waals surface area (Å²) in [7, 11) is 2.11. The van der Waals surface area contributed by atoms with E-state index in [2.05, 4.69) is 17.3 Å². The average Bonchev–Trinajstić information content (AvgIpc) is 2.71. The van der Waals surface area contributed by atoms with Crippen molar-refractivity contribution >= 4 is 18.3 Å². The molecule has 0 aromatic rings. The predicted molar refractivity (Wildman–Crippen MR) is 67.0 cm³/mol. The number of nitrogens with zero attached hydrogens (tertiary/aromatic N) is 2. The molecule has 5 heteroatoms. The smallest absolute Gasteiger partial charge is 0.224 e. The van der Waals surface area contributed by atoms with Gasteiger partial charge in [-0.05, 0) is 26.4 Å². The first kappa shape index (κ1) is 13.7. The highest BCUT2D eigenvalue weighted by atomic mass is 35.5. The van der Waals surface area contributed by atoms with Crippen LogP contribution in [0.1, 0.15) is 19.3 Å². The van der Waals surface area contributed by atoms with E-state index >= 15 is 0 Å². The lowest BCUT2D eigenvalue weighted by Gasteiger charge is -2.33. The summed E-state index contributed by atoms with van der Waals surface area (Å²) in [5.74, 6) is 0.336. The molecular weight excluding hydrogens is 226 g/mol. The van der Waals surface area contributed by atoms with Gasteiger partial charge < -0.3 is 15.1 Å². The predicted octanol–water partition coefficient (Wildman–Crippen LogP) is 0.324. The van der Waals surface area contributed by atoms with Crippen molar-refractivity contribution in [1.29, 1.82) is 0 Å². The molecule has 0 aliphatic carbocycles. The molecule has 94 valence electrons. The normalized spacial score (nSPS) is 26.6. The molecule has 1 atom stereocenters. The zero-order valence-electron chi connectivity index (χ0n) is 9.95. The summed E-state index contributed by atoms with van der Waals surface area (Å²) in [5, 5.41) is 3.38. The summed E-state index contributed by atoms with van der Waals surface area (Å²) in [6.07, 6.45) is 3.09. The maximum absolute atomic E-state index is 11.9. The summed E-state index contributed by atoms with van der Waals surface area (Å²) in [6.45, 7) is 4.93. The Bertz CT molecular complexity index is 223. The molecule has 2 aliphatic heterocycles. The lowest BCUT2D eigenvalue weighted by Crippen LogP contribution is -2.48. The van der Waals surface area contributed by atoms with E-state index in [1.54, 1.807) is 0 Å². The minimum absolute atomic E-state index is 0. The van der Waals surface area contributed by atoms with Crippen molar-refractivity contribution < 1.29 is 4.79 Å². The van der Waals surface area contributed by atoms with E-state index in [0.717, 1.165) is 32.7 Å². The van der Waals surface area contributed by atoms with Crippen molar-refractivity contribution in [3.8, 4) is 0 Å². The Morgan fingerprint density at radius 2 is 2.00 bits per heavy atom. The Balaban J connectivity index is 0.00000128. The Kier molecular flexibility index (Phi) is 5.52. The number of nitrogens with one attached hydrogen (secondary N) is 1. The Morgan fingerprint density at radius 3 is 2.56 bits per heavy atom. The molecule has 2 fully saturated rings. The quantitative estimate of drug-likeness (QED) is 0.764. The number of carbonyl (C=O) groups is 1. The molecule has 2 rings (SSSR count). The van der Waals surface area contributed by atoms with Gasteiger partial charge in [0, 0.05) is 38.6 Å². The fourth-order valence-electron chi connectivity index (χ4n) is 2.33. The molecule has 0 spiro atoms. The van der Waals surface area contributed by atoms with E-state index in [1.807, 2.05) is 4.90 Å². The molecular formula is C11H22ClN3O. The molecule has 2 aliphatic rings. The van der Waals surface area contributed by atoms with Gasteiger partial charge in [0.25, 0.3) is 0 Å². The number of halogens is 1. The van der Waals surface area contributed by atoms with Crippen LogP contribution in [0.5, 0.6) is 0 Å². The van der Waals surface area contributed by atoms with Gasteiger partial charge >= 0.3 is 0 Å². The Hall–Kier alpha value is -0.320. The number of hydrogen-bond donors (Lipinski definition) is 1.